The summed E-state index contributed by atoms with van der Waals surface area (Å²) in [6, 6.07) is -0.0706. The molecule has 0 bridgehead atoms. The quantitative estimate of drug-likeness (QED) is 0.826. The van der Waals surface area contributed by atoms with Gasteiger partial charge in [-0.2, -0.15) is 0 Å². The van der Waals surface area contributed by atoms with Gasteiger partial charge in [0.2, 0.25) is 0 Å². The molecule has 1 heterocycles. The lowest BCUT2D eigenvalue weighted by Crippen LogP contribution is -2.46. The number of halogens is 1. The van der Waals surface area contributed by atoms with E-state index in [1.54, 1.807) is 7.11 Å². The van der Waals surface area contributed by atoms with E-state index in [0.29, 0.717) is 24.8 Å². The number of rotatable bonds is 3. The zero-order chi connectivity index (χ0) is 12.6. The molecule has 6 heteroatoms. The van der Waals surface area contributed by atoms with Crippen molar-refractivity contribution >= 4 is 11.6 Å². The van der Waals surface area contributed by atoms with E-state index >= 15 is 0 Å². The SMILES string of the molecule is CCc1c(Cl)[nH]c(=O)n(C2CC(OC)C2)c1=O. The van der Waals surface area contributed by atoms with Crippen LogP contribution in [0.25, 0.3) is 0 Å². The highest BCUT2D eigenvalue weighted by atomic mass is 35.5. The summed E-state index contributed by atoms with van der Waals surface area (Å²) in [5.41, 5.74) is -0.246. The number of hydrogen-bond donors (Lipinski definition) is 1. The summed E-state index contributed by atoms with van der Waals surface area (Å²) in [6.07, 6.45) is 2.05. The van der Waals surface area contributed by atoms with E-state index in [2.05, 4.69) is 4.98 Å². The van der Waals surface area contributed by atoms with Crippen LogP contribution in [0.1, 0.15) is 31.4 Å². The highest BCUT2D eigenvalue weighted by Crippen LogP contribution is 2.32. The van der Waals surface area contributed by atoms with Crippen LogP contribution >= 0.6 is 11.6 Å². The fraction of sp³-hybridized carbons (Fsp3) is 0.636. The molecule has 5 nitrogen and oxygen atoms in total. The molecule has 0 atom stereocenters. The Morgan fingerprint density at radius 3 is 2.65 bits per heavy atom. The third-order valence-corrected chi connectivity index (χ3v) is 3.62. The second-order valence-corrected chi connectivity index (χ2v) is 4.61. The van der Waals surface area contributed by atoms with Crippen LogP contribution in [0.5, 0.6) is 0 Å². The van der Waals surface area contributed by atoms with Crippen LogP contribution in [0.3, 0.4) is 0 Å². The maximum Gasteiger partial charge on any atom is 0.329 e. The van der Waals surface area contributed by atoms with Crippen LogP contribution in [0.4, 0.5) is 0 Å². The van der Waals surface area contributed by atoms with Crippen molar-refractivity contribution in [3.63, 3.8) is 0 Å². The Morgan fingerprint density at radius 1 is 1.47 bits per heavy atom. The zero-order valence-electron chi connectivity index (χ0n) is 9.83. The zero-order valence-corrected chi connectivity index (χ0v) is 10.6. The molecule has 0 spiro atoms. The molecule has 1 aliphatic rings. The van der Waals surface area contributed by atoms with E-state index in [-0.39, 0.29) is 22.9 Å². The van der Waals surface area contributed by atoms with Crippen LogP contribution in [0.15, 0.2) is 9.59 Å². The molecule has 1 saturated carbocycles. The molecule has 1 aromatic rings. The molecule has 0 unspecified atom stereocenters. The van der Waals surface area contributed by atoms with Gasteiger partial charge in [0.05, 0.1) is 11.7 Å². The van der Waals surface area contributed by atoms with Gasteiger partial charge in [-0.1, -0.05) is 18.5 Å². The molecule has 1 N–H and O–H groups in total. The molecule has 94 valence electrons. The van der Waals surface area contributed by atoms with Gasteiger partial charge in [-0.15, -0.1) is 0 Å². The summed E-state index contributed by atoms with van der Waals surface area (Å²) >= 11 is 5.84. The van der Waals surface area contributed by atoms with E-state index in [1.165, 1.54) is 4.57 Å². The molecule has 2 rings (SSSR count). The van der Waals surface area contributed by atoms with Gasteiger partial charge in [-0.25, -0.2) is 4.79 Å². The molecule has 1 fully saturated rings. The van der Waals surface area contributed by atoms with E-state index in [1.807, 2.05) is 6.92 Å². The fourth-order valence-electron chi connectivity index (χ4n) is 2.14. The first kappa shape index (κ1) is 12.4. The van der Waals surface area contributed by atoms with Gasteiger partial charge >= 0.3 is 5.69 Å². The van der Waals surface area contributed by atoms with E-state index in [9.17, 15) is 9.59 Å². The minimum absolute atomic E-state index is 0.0706. The highest BCUT2D eigenvalue weighted by molar-refractivity contribution is 6.30. The average molecular weight is 259 g/mol. The molecule has 0 aromatic carbocycles. The maximum absolute atomic E-state index is 12.1. The van der Waals surface area contributed by atoms with E-state index in [4.69, 9.17) is 16.3 Å². The number of methoxy groups -OCH3 is 1. The summed E-state index contributed by atoms with van der Waals surface area (Å²) in [5, 5.41) is 0.154. The van der Waals surface area contributed by atoms with Gasteiger partial charge in [-0.3, -0.25) is 14.3 Å². The van der Waals surface area contributed by atoms with Crippen molar-refractivity contribution in [2.75, 3.05) is 7.11 Å². The van der Waals surface area contributed by atoms with Crippen LogP contribution in [-0.2, 0) is 11.2 Å². The van der Waals surface area contributed by atoms with Gasteiger partial charge < -0.3 is 4.74 Å². The van der Waals surface area contributed by atoms with Gasteiger partial charge in [0.1, 0.15) is 5.15 Å². The molecule has 0 saturated heterocycles. The van der Waals surface area contributed by atoms with Crippen LogP contribution in [0.2, 0.25) is 5.15 Å². The van der Waals surface area contributed by atoms with Crippen molar-refractivity contribution in [3.05, 3.63) is 31.6 Å². The predicted octanol–water partition coefficient (Wildman–Crippen LogP) is 1.10. The Labute approximate surface area is 103 Å². The van der Waals surface area contributed by atoms with Gasteiger partial charge in [0, 0.05) is 13.2 Å². The summed E-state index contributed by atoms with van der Waals surface area (Å²) in [7, 11) is 1.63. The lowest BCUT2D eigenvalue weighted by Gasteiger charge is -2.34. The minimum Gasteiger partial charge on any atom is -0.381 e. The Kier molecular flexibility index (Phi) is 3.40. The lowest BCUT2D eigenvalue weighted by atomic mass is 9.89. The first-order valence-electron chi connectivity index (χ1n) is 5.64. The van der Waals surface area contributed by atoms with Crippen molar-refractivity contribution < 1.29 is 4.74 Å². The third kappa shape index (κ3) is 2.05. The second-order valence-electron chi connectivity index (χ2n) is 4.23. The van der Waals surface area contributed by atoms with E-state index in [0.717, 1.165) is 0 Å². The topological polar surface area (TPSA) is 64.1 Å². The number of hydrogen-bond acceptors (Lipinski definition) is 3. The molecule has 17 heavy (non-hydrogen) atoms. The Hall–Kier alpha value is -1.07. The molecule has 1 aromatic heterocycles. The van der Waals surface area contributed by atoms with Gasteiger partial charge in [-0.05, 0) is 19.3 Å². The lowest BCUT2D eigenvalue weighted by molar-refractivity contribution is 0.00375. The van der Waals surface area contributed by atoms with Gasteiger partial charge in [0.15, 0.2) is 0 Å². The largest absolute Gasteiger partial charge is 0.381 e. The Balaban J connectivity index is 2.42. The molecule has 0 aliphatic heterocycles. The highest BCUT2D eigenvalue weighted by Gasteiger charge is 2.33. The maximum atomic E-state index is 12.1. The molecule has 1 aliphatic carbocycles. The Bertz CT molecular complexity index is 528. The van der Waals surface area contributed by atoms with Crippen LogP contribution < -0.4 is 11.2 Å². The van der Waals surface area contributed by atoms with Crippen molar-refractivity contribution in [2.45, 2.75) is 38.3 Å². The van der Waals surface area contributed by atoms with Gasteiger partial charge in [0.25, 0.3) is 5.56 Å². The third-order valence-electron chi connectivity index (χ3n) is 3.30. The summed E-state index contributed by atoms with van der Waals surface area (Å²) < 4.78 is 6.41. The molecule has 0 amide bonds. The van der Waals surface area contributed by atoms with Crippen LogP contribution in [-0.4, -0.2) is 22.8 Å². The number of ether oxygens (including phenoxy) is 1. The number of H-pyrrole nitrogens is 1. The Morgan fingerprint density at radius 2 is 2.12 bits per heavy atom. The van der Waals surface area contributed by atoms with Crippen molar-refractivity contribution in [1.82, 2.24) is 9.55 Å². The fourth-order valence-corrected chi connectivity index (χ4v) is 2.44. The summed E-state index contributed by atoms with van der Waals surface area (Å²) in [6.45, 7) is 1.84. The number of nitrogens with zero attached hydrogens (tertiary/aromatic N) is 1. The first-order valence-corrected chi connectivity index (χ1v) is 6.02. The molecular formula is C11H15ClN2O3. The second kappa shape index (κ2) is 4.66. The standard InChI is InChI=1S/C11H15ClN2O3/c1-3-8-9(12)13-11(16)14(10(8)15)6-4-7(5-6)17-2/h6-7H,3-5H2,1-2H3,(H,13,16). The van der Waals surface area contributed by atoms with E-state index < -0.39 is 5.69 Å². The monoisotopic (exact) mass is 258 g/mol. The van der Waals surface area contributed by atoms with Crippen molar-refractivity contribution in [2.24, 2.45) is 0 Å². The minimum atomic E-state index is -0.434. The first-order chi connectivity index (χ1) is 8.08. The smallest absolute Gasteiger partial charge is 0.329 e. The van der Waals surface area contributed by atoms with Crippen molar-refractivity contribution in [3.8, 4) is 0 Å². The normalized spacial score (nSPS) is 23.5. The average Bonchev–Trinajstić information content (AvgIpc) is 2.21. The van der Waals surface area contributed by atoms with Crippen LogP contribution in [0, 0.1) is 0 Å². The molecular weight excluding hydrogens is 244 g/mol. The predicted molar refractivity (Wildman–Crippen MR) is 64.8 cm³/mol. The van der Waals surface area contributed by atoms with Crippen molar-refractivity contribution in [1.29, 1.82) is 0 Å². The summed E-state index contributed by atoms with van der Waals surface area (Å²) in [4.78, 5) is 26.3. The summed E-state index contributed by atoms with van der Waals surface area (Å²) in [5.74, 6) is 0. The number of nitrogens with one attached hydrogen (secondary N) is 1. The number of aromatic nitrogens is 2. The molecule has 0 radical (unpaired) electrons. The number of aromatic amines is 1.